The van der Waals surface area contributed by atoms with Gasteiger partial charge >= 0.3 is 5.97 Å². The van der Waals surface area contributed by atoms with Crippen LogP contribution in [0.4, 0.5) is 0 Å². The van der Waals surface area contributed by atoms with Crippen molar-refractivity contribution in [2.24, 2.45) is 17.4 Å². The molecule has 2 aromatic rings. The Bertz CT molecular complexity index is 1620. The number of carboxylic acids is 1. The Morgan fingerprint density at radius 3 is 1.57 bits per heavy atom. The van der Waals surface area contributed by atoms with Gasteiger partial charge in [-0.2, -0.15) is 23.5 Å². The number of phenolic OH excluding ortho intramolecular Hbond substituents is 1. The number of nitrogens with two attached hydrogens (primary N) is 2. The number of rotatable bonds is 25. The minimum atomic E-state index is -1.51. The molecule has 0 saturated carbocycles. The van der Waals surface area contributed by atoms with Gasteiger partial charge in [0.25, 0.3) is 0 Å². The molecule has 0 aliphatic carbocycles. The fourth-order valence-electron chi connectivity index (χ4n) is 5.52. The van der Waals surface area contributed by atoms with Crippen molar-refractivity contribution in [3.05, 3.63) is 65.7 Å². The summed E-state index contributed by atoms with van der Waals surface area (Å²) in [5.74, 6) is -4.98. The van der Waals surface area contributed by atoms with Gasteiger partial charge in [0.15, 0.2) is 0 Å². The molecule has 0 fully saturated rings. The van der Waals surface area contributed by atoms with E-state index in [9.17, 15) is 38.7 Å². The number of benzene rings is 2. The third-order valence-corrected chi connectivity index (χ3v) is 9.80. The minimum absolute atomic E-state index is 0.0365. The molecule has 0 saturated heterocycles. The fourth-order valence-corrected chi connectivity index (χ4v) is 6.46. The molecule has 2 rings (SSSR count). The van der Waals surface area contributed by atoms with Crippen LogP contribution in [0, 0.1) is 5.92 Å². The second kappa shape index (κ2) is 24.7. The summed E-state index contributed by atoms with van der Waals surface area (Å²) in [4.78, 5) is 91.2. The van der Waals surface area contributed by atoms with Gasteiger partial charge in [0.05, 0.1) is 12.5 Å². The van der Waals surface area contributed by atoms with Crippen LogP contribution in [0.1, 0.15) is 50.7 Å². The number of carbonyl (C=O) groups excluding carboxylic acids is 6. The van der Waals surface area contributed by atoms with Gasteiger partial charge in [-0.05, 0) is 78.9 Å². The molecule has 6 atom stereocenters. The number of carbonyl (C=O) groups is 7. The highest BCUT2D eigenvalue weighted by molar-refractivity contribution is 7.98. The third-order valence-electron chi connectivity index (χ3n) is 8.51. The molecule has 0 spiro atoms. The lowest BCUT2D eigenvalue weighted by atomic mass is 10.00. The van der Waals surface area contributed by atoms with E-state index in [1.807, 2.05) is 20.1 Å². The molecule has 18 heteroatoms. The standard InChI is InChI=1S/C38H55N7O9S2/c1-22(2)18-30(37(53)42-28(15-17-56-4)35(51)43-29(33(40)49)21-32(47)48)44-38(54)31(20-23-8-6-5-7-9-23)45-36(52)27(14-16-55-3)41-34(50)26(39)19-24-10-12-25(46)13-11-24/h5-13,22,26-31,46H,14-21,39H2,1-4H3,(H2,40,49)(H,41,50)(H,42,53)(H,43,51)(H,44,54)(H,45,52)(H,47,48)/t26-,27+,28-,29+,30-,31-/m0/s1. The molecule has 11 N–H and O–H groups in total. The van der Waals surface area contributed by atoms with Crippen LogP contribution in [0.2, 0.25) is 0 Å². The molecule has 0 aromatic heterocycles. The number of hydrogen-bond acceptors (Lipinski definition) is 11. The SMILES string of the molecule is CSCC[C@H](NC(=O)[C@H](CC(C)C)NC(=O)[C@H](Cc1ccccc1)NC(=O)[C@@H](CCSC)NC(=O)[C@@H](N)Cc1ccc(O)cc1)C(=O)N[C@H](CC(=O)O)C(N)=O. The summed E-state index contributed by atoms with van der Waals surface area (Å²) in [5, 5.41) is 31.9. The Kier molecular flexibility index (Phi) is 20.8. The van der Waals surface area contributed by atoms with Gasteiger partial charge in [-0.3, -0.25) is 33.6 Å². The lowest BCUT2D eigenvalue weighted by Gasteiger charge is -2.28. The minimum Gasteiger partial charge on any atom is -0.508 e. The first-order valence-electron chi connectivity index (χ1n) is 18.1. The number of aliphatic carboxylic acids is 1. The van der Waals surface area contributed by atoms with E-state index in [2.05, 4.69) is 26.6 Å². The monoisotopic (exact) mass is 817 g/mol. The molecular weight excluding hydrogens is 763 g/mol. The van der Waals surface area contributed by atoms with E-state index in [0.717, 1.165) is 0 Å². The molecule has 0 aliphatic heterocycles. The molecule has 6 amide bonds. The topological polar surface area (TPSA) is 272 Å². The van der Waals surface area contributed by atoms with E-state index in [1.165, 1.54) is 35.7 Å². The number of nitrogens with one attached hydrogen (secondary N) is 5. The summed E-state index contributed by atoms with van der Waals surface area (Å²) in [6.07, 6.45) is 3.57. The zero-order valence-corrected chi connectivity index (χ0v) is 33.8. The van der Waals surface area contributed by atoms with Gasteiger partial charge in [0.1, 0.15) is 36.0 Å². The molecule has 16 nitrogen and oxygen atoms in total. The van der Waals surface area contributed by atoms with E-state index >= 15 is 0 Å². The van der Waals surface area contributed by atoms with Crippen molar-refractivity contribution < 1.29 is 43.8 Å². The highest BCUT2D eigenvalue weighted by atomic mass is 32.2. The average molecular weight is 818 g/mol. The van der Waals surface area contributed by atoms with Crippen LogP contribution >= 0.6 is 23.5 Å². The molecule has 308 valence electrons. The molecule has 0 aliphatic rings. The number of primary amides is 1. The molecule has 56 heavy (non-hydrogen) atoms. The van der Waals surface area contributed by atoms with Crippen molar-refractivity contribution in [1.82, 2.24) is 26.6 Å². The average Bonchev–Trinajstić information content (AvgIpc) is 3.14. The first-order valence-corrected chi connectivity index (χ1v) is 20.9. The summed E-state index contributed by atoms with van der Waals surface area (Å²) in [6, 6.07) is 8.00. The maximum absolute atomic E-state index is 14.1. The Labute approximate surface area is 335 Å². The van der Waals surface area contributed by atoms with Gasteiger partial charge in [-0.1, -0.05) is 56.3 Å². The third kappa shape index (κ3) is 17.3. The number of carboxylic acid groups (broad SMARTS) is 1. The van der Waals surface area contributed by atoms with Crippen LogP contribution in [0.15, 0.2) is 54.6 Å². The predicted molar refractivity (Wildman–Crippen MR) is 216 cm³/mol. The smallest absolute Gasteiger partial charge is 0.305 e. The zero-order valence-electron chi connectivity index (χ0n) is 32.1. The van der Waals surface area contributed by atoms with Gasteiger partial charge in [0.2, 0.25) is 35.4 Å². The fraction of sp³-hybridized carbons (Fsp3) is 0.500. The van der Waals surface area contributed by atoms with E-state index < -0.39 is 84.1 Å². The second-order valence-corrected chi connectivity index (χ2v) is 15.6. The van der Waals surface area contributed by atoms with Crippen LogP contribution in [0.25, 0.3) is 0 Å². The lowest BCUT2D eigenvalue weighted by Crippen LogP contribution is -2.60. The highest BCUT2D eigenvalue weighted by Crippen LogP contribution is 2.13. The molecule has 0 radical (unpaired) electrons. The predicted octanol–water partition coefficient (Wildman–Crippen LogP) is 0.441. The summed E-state index contributed by atoms with van der Waals surface area (Å²) in [7, 11) is 0. The Morgan fingerprint density at radius 2 is 1.07 bits per heavy atom. The Balaban J connectivity index is 2.33. The maximum Gasteiger partial charge on any atom is 0.305 e. The van der Waals surface area contributed by atoms with Crippen molar-refractivity contribution in [2.75, 3.05) is 24.0 Å². The number of aromatic hydroxyl groups is 1. The first-order chi connectivity index (χ1) is 26.5. The van der Waals surface area contributed by atoms with E-state index in [-0.39, 0.29) is 43.8 Å². The lowest BCUT2D eigenvalue weighted by molar-refractivity contribution is -0.140. The number of phenols is 1. The van der Waals surface area contributed by atoms with Crippen LogP contribution in [-0.4, -0.2) is 112 Å². The second-order valence-electron chi connectivity index (χ2n) is 13.7. The van der Waals surface area contributed by atoms with Crippen molar-refractivity contribution >= 4 is 64.9 Å². The summed E-state index contributed by atoms with van der Waals surface area (Å²) >= 11 is 2.85. The Morgan fingerprint density at radius 1 is 0.625 bits per heavy atom. The molecular formula is C38H55N7O9S2. The van der Waals surface area contributed by atoms with Crippen molar-refractivity contribution in [2.45, 2.75) is 88.6 Å². The van der Waals surface area contributed by atoms with Crippen LogP contribution < -0.4 is 38.1 Å². The summed E-state index contributed by atoms with van der Waals surface area (Å²) < 4.78 is 0. The number of hydrogen-bond donors (Lipinski definition) is 9. The van der Waals surface area contributed by atoms with Gasteiger partial charge in [-0.25, -0.2) is 0 Å². The Hall–Kier alpha value is -4.81. The van der Waals surface area contributed by atoms with Gasteiger partial charge < -0.3 is 48.3 Å². The van der Waals surface area contributed by atoms with E-state index in [0.29, 0.717) is 22.6 Å². The van der Waals surface area contributed by atoms with Gasteiger partial charge in [0, 0.05) is 6.42 Å². The highest BCUT2D eigenvalue weighted by Gasteiger charge is 2.33. The quantitative estimate of drug-likeness (QED) is 0.0661. The van der Waals surface area contributed by atoms with Crippen LogP contribution in [0.5, 0.6) is 5.75 Å². The zero-order chi connectivity index (χ0) is 41.8. The number of thioether (sulfide) groups is 2. The molecule has 0 heterocycles. The summed E-state index contributed by atoms with van der Waals surface area (Å²) in [5.41, 5.74) is 12.9. The first kappa shape index (κ1) is 47.3. The van der Waals surface area contributed by atoms with E-state index in [1.54, 1.807) is 48.7 Å². The van der Waals surface area contributed by atoms with Crippen molar-refractivity contribution in [1.29, 1.82) is 0 Å². The molecule has 0 unspecified atom stereocenters. The maximum atomic E-state index is 14.1. The molecule has 0 bridgehead atoms. The van der Waals surface area contributed by atoms with E-state index in [4.69, 9.17) is 16.6 Å². The largest absolute Gasteiger partial charge is 0.508 e. The van der Waals surface area contributed by atoms with Crippen LogP contribution in [-0.2, 0) is 46.4 Å². The summed E-state index contributed by atoms with van der Waals surface area (Å²) in [6.45, 7) is 3.67. The molecule has 2 aromatic carbocycles. The van der Waals surface area contributed by atoms with Crippen molar-refractivity contribution in [3.63, 3.8) is 0 Å². The number of amides is 6. The van der Waals surface area contributed by atoms with Crippen molar-refractivity contribution in [3.8, 4) is 5.75 Å². The van der Waals surface area contributed by atoms with Crippen LogP contribution in [0.3, 0.4) is 0 Å². The normalized spacial score (nSPS) is 14.2. The van der Waals surface area contributed by atoms with Gasteiger partial charge in [-0.15, -0.1) is 0 Å².